The third-order valence-corrected chi connectivity index (χ3v) is 7.06. The molecular formula is C29H36N8O2. The van der Waals surface area contributed by atoms with Crippen molar-refractivity contribution >= 4 is 17.3 Å². The van der Waals surface area contributed by atoms with Crippen LogP contribution in [0.25, 0.3) is 16.9 Å². The number of pyridine rings is 2. The van der Waals surface area contributed by atoms with Crippen LogP contribution in [0.2, 0.25) is 0 Å². The van der Waals surface area contributed by atoms with Gasteiger partial charge in [-0.05, 0) is 45.0 Å². The molecule has 1 aliphatic heterocycles. The lowest BCUT2D eigenvalue weighted by Gasteiger charge is -2.38. The van der Waals surface area contributed by atoms with Crippen molar-refractivity contribution in [3.8, 4) is 16.9 Å². The van der Waals surface area contributed by atoms with Crippen LogP contribution >= 0.6 is 0 Å². The minimum atomic E-state index is -0.335. The maximum atomic E-state index is 12.8. The highest BCUT2D eigenvalue weighted by Gasteiger charge is 2.22. The normalized spacial score (nSPS) is 14.7. The second-order valence-corrected chi connectivity index (χ2v) is 11.3. The molecule has 0 radical (unpaired) electrons. The molecule has 0 aromatic carbocycles. The van der Waals surface area contributed by atoms with Crippen molar-refractivity contribution in [3.05, 3.63) is 66.3 Å². The van der Waals surface area contributed by atoms with E-state index in [9.17, 15) is 4.79 Å². The van der Waals surface area contributed by atoms with Gasteiger partial charge in [-0.25, -0.2) is 4.68 Å². The van der Waals surface area contributed by atoms with Crippen LogP contribution in [0.1, 0.15) is 56.6 Å². The lowest BCUT2D eigenvalue weighted by molar-refractivity contribution is 0.0993. The van der Waals surface area contributed by atoms with Gasteiger partial charge in [-0.2, -0.15) is 0 Å². The van der Waals surface area contributed by atoms with Crippen molar-refractivity contribution in [3.63, 3.8) is 0 Å². The molecule has 4 aromatic heterocycles. The quantitative estimate of drug-likeness (QED) is 0.384. The van der Waals surface area contributed by atoms with E-state index in [1.165, 1.54) is 0 Å². The van der Waals surface area contributed by atoms with Gasteiger partial charge in [-0.15, -0.1) is 5.10 Å². The second kappa shape index (κ2) is 10.6. The van der Waals surface area contributed by atoms with Gasteiger partial charge in [0, 0.05) is 49.4 Å². The van der Waals surface area contributed by atoms with Crippen LogP contribution in [0.5, 0.6) is 0 Å². The third kappa shape index (κ3) is 5.85. The fourth-order valence-electron chi connectivity index (χ4n) is 4.63. The summed E-state index contributed by atoms with van der Waals surface area (Å²) in [6.07, 6.45) is 7.19. The molecule has 0 saturated carbocycles. The summed E-state index contributed by atoms with van der Waals surface area (Å²) >= 11 is 0. The Hall–Kier alpha value is -4.05. The summed E-state index contributed by atoms with van der Waals surface area (Å²) in [5.74, 6) is 0.670. The smallest absolute Gasteiger partial charge is 0.291 e. The highest BCUT2D eigenvalue weighted by atomic mass is 16.4. The van der Waals surface area contributed by atoms with E-state index in [0.29, 0.717) is 17.4 Å². The molecule has 204 valence electrons. The topological polar surface area (TPSA) is 105 Å². The van der Waals surface area contributed by atoms with Crippen molar-refractivity contribution in [2.45, 2.75) is 53.0 Å². The number of rotatable bonds is 6. The third-order valence-electron chi connectivity index (χ3n) is 7.06. The second-order valence-electron chi connectivity index (χ2n) is 11.3. The Morgan fingerprint density at radius 3 is 2.51 bits per heavy atom. The maximum Gasteiger partial charge on any atom is 0.291 e. The largest absolute Gasteiger partial charge is 0.455 e. The molecule has 0 bridgehead atoms. The van der Waals surface area contributed by atoms with Crippen molar-refractivity contribution in [1.82, 2.24) is 29.9 Å². The molecular weight excluding hydrogens is 492 g/mol. The summed E-state index contributed by atoms with van der Waals surface area (Å²) in [7, 11) is 0. The first-order valence-corrected chi connectivity index (χ1v) is 13.3. The van der Waals surface area contributed by atoms with Crippen LogP contribution in [0, 0.1) is 6.92 Å². The first-order chi connectivity index (χ1) is 18.6. The van der Waals surface area contributed by atoms with Crippen LogP contribution in [0.4, 0.5) is 11.4 Å². The number of amides is 1. The molecule has 1 saturated heterocycles. The zero-order valence-corrected chi connectivity index (χ0v) is 23.5. The summed E-state index contributed by atoms with van der Waals surface area (Å²) < 4.78 is 7.44. The number of aromatic nitrogens is 5. The molecule has 1 aliphatic rings. The Bertz CT molecular complexity index is 1460. The molecule has 5 heterocycles. The average Bonchev–Trinajstić information content (AvgIpc) is 3.61. The van der Waals surface area contributed by atoms with E-state index in [1.54, 1.807) is 23.1 Å². The number of anilines is 2. The van der Waals surface area contributed by atoms with Gasteiger partial charge in [0.15, 0.2) is 5.76 Å². The Kier molecular flexibility index (Phi) is 7.22. The number of carbonyl (C=O) groups excluding carboxylic acids is 1. The van der Waals surface area contributed by atoms with Crippen molar-refractivity contribution < 1.29 is 9.21 Å². The fraction of sp³-hybridized carbons (Fsp3) is 0.414. The van der Waals surface area contributed by atoms with E-state index in [4.69, 9.17) is 4.42 Å². The van der Waals surface area contributed by atoms with Crippen LogP contribution < -0.4 is 10.2 Å². The first-order valence-electron chi connectivity index (χ1n) is 13.3. The molecule has 10 heteroatoms. The van der Waals surface area contributed by atoms with Crippen LogP contribution in [0.15, 0.2) is 53.5 Å². The summed E-state index contributed by atoms with van der Waals surface area (Å²) in [4.78, 5) is 26.6. The zero-order chi connectivity index (χ0) is 27.7. The lowest BCUT2D eigenvalue weighted by Crippen LogP contribution is -2.48. The molecule has 10 nitrogen and oxygen atoms in total. The van der Waals surface area contributed by atoms with E-state index in [0.717, 1.165) is 54.6 Å². The standard InChI is InChI=1S/C29H36N8O2/c1-19(2)35-9-11-36(12-10-35)23-13-21(15-30-17-23)24-18-37(34-33-24)25-14-22(16-31-20(25)3)32-28(38)26-7-8-27(39-26)29(4,5)6/h7-8,13-19H,9-12H2,1-6H3,(H,32,38). The number of furan rings is 1. The average molecular weight is 529 g/mol. The van der Waals surface area contributed by atoms with Gasteiger partial charge in [-0.1, -0.05) is 26.0 Å². The summed E-state index contributed by atoms with van der Waals surface area (Å²) in [5, 5.41) is 11.6. The fourth-order valence-corrected chi connectivity index (χ4v) is 4.63. The summed E-state index contributed by atoms with van der Waals surface area (Å²) in [5.41, 5.74) is 4.52. The summed E-state index contributed by atoms with van der Waals surface area (Å²) in [6, 6.07) is 8.02. The van der Waals surface area contributed by atoms with Crippen LogP contribution in [0.3, 0.4) is 0 Å². The van der Waals surface area contributed by atoms with Gasteiger partial charge in [0.1, 0.15) is 11.5 Å². The molecule has 1 fully saturated rings. The van der Waals surface area contributed by atoms with Crippen molar-refractivity contribution in [1.29, 1.82) is 0 Å². The molecule has 0 aliphatic carbocycles. The molecule has 0 spiro atoms. The van der Waals surface area contributed by atoms with Crippen LogP contribution in [-0.2, 0) is 5.41 Å². The SMILES string of the molecule is Cc1ncc(NC(=O)c2ccc(C(C)(C)C)o2)cc1-n1cc(-c2cncc(N3CCN(C(C)C)CC3)c2)nn1. The van der Waals surface area contributed by atoms with Crippen LogP contribution in [-0.4, -0.2) is 68.0 Å². The van der Waals surface area contributed by atoms with Crippen molar-refractivity contribution in [2.24, 2.45) is 0 Å². The van der Waals surface area contributed by atoms with E-state index >= 15 is 0 Å². The Labute approximate surface area is 229 Å². The van der Waals surface area contributed by atoms with E-state index in [-0.39, 0.29) is 17.1 Å². The molecule has 1 N–H and O–H groups in total. The van der Waals surface area contributed by atoms with E-state index in [1.807, 2.05) is 52.2 Å². The van der Waals surface area contributed by atoms with Crippen molar-refractivity contribution in [2.75, 3.05) is 36.4 Å². The Morgan fingerprint density at radius 1 is 1.05 bits per heavy atom. The highest BCUT2D eigenvalue weighted by molar-refractivity contribution is 6.02. The van der Waals surface area contributed by atoms with Gasteiger partial charge in [0.2, 0.25) is 0 Å². The molecule has 0 atom stereocenters. The number of aryl methyl sites for hydroxylation is 1. The predicted octanol–water partition coefficient (Wildman–Crippen LogP) is 4.71. The minimum absolute atomic E-state index is 0.181. The molecule has 4 aromatic rings. The van der Waals surface area contributed by atoms with Gasteiger partial charge in [0.25, 0.3) is 5.91 Å². The van der Waals surface area contributed by atoms with Gasteiger partial charge in [-0.3, -0.25) is 19.7 Å². The molecule has 39 heavy (non-hydrogen) atoms. The maximum absolute atomic E-state index is 12.8. The number of piperazine rings is 1. The monoisotopic (exact) mass is 528 g/mol. The van der Waals surface area contributed by atoms with E-state index in [2.05, 4.69) is 55.3 Å². The first kappa shape index (κ1) is 26.6. The number of carbonyl (C=O) groups is 1. The van der Waals surface area contributed by atoms with E-state index < -0.39 is 0 Å². The Morgan fingerprint density at radius 2 is 1.82 bits per heavy atom. The minimum Gasteiger partial charge on any atom is -0.455 e. The van der Waals surface area contributed by atoms with Gasteiger partial charge >= 0.3 is 0 Å². The molecule has 0 unspecified atom stereocenters. The summed E-state index contributed by atoms with van der Waals surface area (Å²) in [6.45, 7) is 16.5. The molecule has 5 rings (SSSR count). The Balaban J connectivity index is 1.32. The lowest BCUT2D eigenvalue weighted by atomic mass is 9.94. The van der Waals surface area contributed by atoms with Gasteiger partial charge < -0.3 is 14.6 Å². The number of hydrogen-bond donors (Lipinski definition) is 1. The molecule has 1 amide bonds. The number of nitrogens with one attached hydrogen (secondary N) is 1. The zero-order valence-electron chi connectivity index (χ0n) is 23.5. The predicted molar refractivity (Wildman–Crippen MR) is 151 cm³/mol. The van der Waals surface area contributed by atoms with Gasteiger partial charge in [0.05, 0.1) is 41.3 Å². The number of nitrogens with zero attached hydrogens (tertiary/aromatic N) is 7. The highest BCUT2D eigenvalue weighted by Crippen LogP contribution is 2.26. The number of hydrogen-bond acceptors (Lipinski definition) is 8.